The molecule has 1 unspecified atom stereocenters. The summed E-state index contributed by atoms with van der Waals surface area (Å²) in [7, 11) is -3.34. The van der Waals surface area contributed by atoms with Gasteiger partial charge in [-0.3, -0.25) is 4.90 Å². The molecule has 1 aromatic carbocycles. The van der Waals surface area contributed by atoms with Crippen LogP contribution in [0.3, 0.4) is 0 Å². The highest BCUT2D eigenvalue weighted by molar-refractivity contribution is 7.88. The van der Waals surface area contributed by atoms with Gasteiger partial charge in [0.1, 0.15) is 6.04 Å². The van der Waals surface area contributed by atoms with Gasteiger partial charge in [-0.05, 0) is 29.5 Å². The van der Waals surface area contributed by atoms with Gasteiger partial charge < -0.3 is 0 Å². The van der Waals surface area contributed by atoms with Gasteiger partial charge in [0.15, 0.2) is 0 Å². The number of thiophene rings is 1. The van der Waals surface area contributed by atoms with E-state index in [-0.39, 0.29) is 11.8 Å². The molecule has 132 valence electrons. The second-order valence-corrected chi connectivity index (χ2v) is 9.11. The maximum absolute atomic E-state index is 12.7. The molecule has 1 fully saturated rings. The van der Waals surface area contributed by atoms with E-state index >= 15 is 0 Å². The number of sulfonamides is 1. The molecule has 7 heteroatoms. The van der Waals surface area contributed by atoms with Gasteiger partial charge >= 0.3 is 0 Å². The molecule has 0 N–H and O–H groups in total. The SMILES string of the molecule is Cc1ccccc1CS(=O)(=O)N1CCN(C(C#N)c2cccs2)CC1. The molecule has 0 spiro atoms. The first-order chi connectivity index (χ1) is 12.0. The summed E-state index contributed by atoms with van der Waals surface area (Å²) in [4.78, 5) is 3.07. The quantitative estimate of drug-likeness (QED) is 0.806. The van der Waals surface area contributed by atoms with E-state index in [4.69, 9.17) is 0 Å². The van der Waals surface area contributed by atoms with Crippen molar-refractivity contribution in [1.29, 1.82) is 5.26 Å². The van der Waals surface area contributed by atoms with Gasteiger partial charge in [0.25, 0.3) is 0 Å². The average Bonchev–Trinajstić information content (AvgIpc) is 3.12. The Bertz CT molecular complexity index is 849. The number of nitrogens with zero attached hydrogens (tertiary/aromatic N) is 3. The summed E-state index contributed by atoms with van der Waals surface area (Å²) < 4.78 is 27.0. The van der Waals surface area contributed by atoms with Crippen LogP contribution in [0.2, 0.25) is 0 Å². The Labute approximate surface area is 153 Å². The third-order valence-corrected chi connectivity index (χ3v) is 7.32. The van der Waals surface area contributed by atoms with E-state index in [0.717, 1.165) is 16.0 Å². The lowest BCUT2D eigenvalue weighted by Crippen LogP contribution is -2.49. The summed E-state index contributed by atoms with van der Waals surface area (Å²) in [5.41, 5.74) is 1.84. The van der Waals surface area contributed by atoms with Gasteiger partial charge in [-0.15, -0.1) is 11.3 Å². The number of rotatable bonds is 5. The van der Waals surface area contributed by atoms with Crippen LogP contribution in [0.1, 0.15) is 22.0 Å². The van der Waals surface area contributed by atoms with Crippen LogP contribution < -0.4 is 0 Å². The van der Waals surface area contributed by atoms with Crippen molar-refractivity contribution >= 4 is 21.4 Å². The van der Waals surface area contributed by atoms with Crippen LogP contribution in [0.15, 0.2) is 41.8 Å². The predicted octanol–water partition coefficient (Wildman–Crippen LogP) is 2.77. The summed E-state index contributed by atoms with van der Waals surface area (Å²) in [6, 6.07) is 13.5. The average molecular weight is 376 g/mol. The molecule has 2 heterocycles. The number of benzene rings is 1. The number of hydrogen-bond acceptors (Lipinski definition) is 5. The molecule has 2 aromatic rings. The van der Waals surface area contributed by atoms with Crippen LogP contribution in [0.5, 0.6) is 0 Å². The minimum Gasteiger partial charge on any atom is -0.281 e. The maximum atomic E-state index is 12.7. The van der Waals surface area contributed by atoms with Crippen LogP contribution in [0, 0.1) is 18.3 Å². The molecule has 0 saturated carbocycles. The maximum Gasteiger partial charge on any atom is 0.218 e. The van der Waals surface area contributed by atoms with Gasteiger partial charge in [0.2, 0.25) is 10.0 Å². The molecular weight excluding hydrogens is 354 g/mol. The molecule has 1 atom stereocenters. The molecule has 25 heavy (non-hydrogen) atoms. The highest BCUT2D eigenvalue weighted by atomic mass is 32.2. The Morgan fingerprint density at radius 2 is 1.88 bits per heavy atom. The van der Waals surface area contributed by atoms with Crippen molar-refractivity contribution in [2.45, 2.75) is 18.7 Å². The molecule has 1 aliphatic rings. The van der Waals surface area contributed by atoms with Crippen molar-refractivity contribution in [3.63, 3.8) is 0 Å². The third kappa shape index (κ3) is 4.10. The molecule has 1 aliphatic heterocycles. The largest absolute Gasteiger partial charge is 0.281 e. The number of piperazine rings is 1. The van der Waals surface area contributed by atoms with Crippen molar-refractivity contribution in [3.05, 3.63) is 57.8 Å². The zero-order valence-electron chi connectivity index (χ0n) is 14.1. The minimum absolute atomic E-state index is 0.0340. The van der Waals surface area contributed by atoms with E-state index in [0.29, 0.717) is 26.2 Å². The fourth-order valence-electron chi connectivity index (χ4n) is 3.07. The Morgan fingerprint density at radius 1 is 1.16 bits per heavy atom. The first-order valence-corrected chi connectivity index (χ1v) is 10.7. The van der Waals surface area contributed by atoms with E-state index in [1.165, 1.54) is 0 Å². The molecule has 1 aromatic heterocycles. The summed E-state index contributed by atoms with van der Waals surface area (Å²) in [5, 5.41) is 11.4. The van der Waals surface area contributed by atoms with Crippen LogP contribution in [0.4, 0.5) is 0 Å². The summed E-state index contributed by atoms with van der Waals surface area (Å²) in [5.74, 6) is 0.0340. The Hall–Kier alpha value is -1.72. The molecule has 0 bridgehead atoms. The smallest absolute Gasteiger partial charge is 0.218 e. The molecular formula is C18H21N3O2S2. The van der Waals surface area contributed by atoms with Crippen molar-refractivity contribution in [2.75, 3.05) is 26.2 Å². The summed E-state index contributed by atoms with van der Waals surface area (Å²) in [6.07, 6.45) is 0. The predicted molar refractivity (Wildman–Crippen MR) is 99.6 cm³/mol. The Kier molecular flexibility index (Phi) is 5.54. The van der Waals surface area contributed by atoms with E-state index in [9.17, 15) is 13.7 Å². The third-order valence-electron chi connectivity index (χ3n) is 4.57. The van der Waals surface area contributed by atoms with E-state index in [1.54, 1.807) is 15.6 Å². The zero-order chi connectivity index (χ0) is 17.9. The first-order valence-electron chi connectivity index (χ1n) is 8.20. The second-order valence-electron chi connectivity index (χ2n) is 6.16. The first kappa shape index (κ1) is 18.1. The lowest BCUT2D eigenvalue weighted by molar-refractivity contribution is 0.164. The number of hydrogen-bond donors (Lipinski definition) is 0. The zero-order valence-corrected chi connectivity index (χ0v) is 15.8. The van der Waals surface area contributed by atoms with Crippen LogP contribution >= 0.6 is 11.3 Å². The van der Waals surface area contributed by atoms with Crippen molar-refractivity contribution < 1.29 is 8.42 Å². The summed E-state index contributed by atoms with van der Waals surface area (Å²) >= 11 is 1.56. The van der Waals surface area contributed by atoms with Crippen molar-refractivity contribution in [1.82, 2.24) is 9.21 Å². The fraction of sp³-hybridized carbons (Fsp3) is 0.389. The lowest BCUT2D eigenvalue weighted by Gasteiger charge is -2.36. The number of nitriles is 1. The standard InChI is InChI=1S/C18H21N3O2S2/c1-15-5-2-3-6-16(15)14-25(22,23)21-10-8-20(9-11-21)17(13-19)18-7-4-12-24-18/h2-7,12,17H,8-11,14H2,1H3. The van der Waals surface area contributed by atoms with Crippen molar-refractivity contribution in [2.24, 2.45) is 0 Å². The van der Waals surface area contributed by atoms with Gasteiger partial charge in [0.05, 0.1) is 11.8 Å². The van der Waals surface area contributed by atoms with Gasteiger partial charge in [-0.2, -0.15) is 9.57 Å². The molecule has 0 radical (unpaired) electrons. The van der Waals surface area contributed by atoms with Crippen molar-refractivity contribution in [3.8, 4) is 6.07 Å². The van der Waals surface area contributed by atoms with Crippen LogP contribution in [-0.4, -0.2) is 43.8 Å². The lowest BCUT2D eigenvalue weighted by atomic mass is 10.1. The highest BCUT2D eigenvalue weighted by Crippen LogP contribution is 2.26. The van der Waals surface area contributed by atoms with E-state index < -0.39 is 10.0 Å². The van der Waals surface area contributed by atoms with Crippen LogP contribution in [-0.2, 0) is 15.8 Å². The monoisotopic (exact) mass is 375 g/mol. The molecule has 0 aliphatic carbocycles. The summed E-state index contributed by atoms with van der Waals surface area (Å²) in [6.45, 7) is 3.93. The Balaban J connectivity index is 1.65. The van der Waals surface area contributed by atoms with Gasteiger partial charge in [-0.25, -0.2) is 8.42 Å². The molecule has 0 amide bonds. The minimum atomic E-state index is -3.34. The highest BCUT2D eigenvalue weighted by Gasteiger charge is 2.31. The van der Waals surface area contributed by atoms with E-state index in [1.807, 2.05) is 48.7 Å². The Morgan fingerprint density at radius 3 is 2.48 bits per heavy atom. The molecule has 5 nitrogen and oxygen atoms in total. The topological polar surface area (TPSA) is 64.4 Å². The van der Waals surface area contributed by atoms with Gasteiger partial charge in [0, 0.05) is 31.1 Å². The van der Waals surface area contributed by atoms with E-state index in [2.05, 4.69) is 11.0 Å². The molecule has 1 saturated heterocycles. The molecule has 3 rings (SSSR count). The van der Waals surface area contributed by atoms with Gasteiger partial charge in [-0.1, -0.05) is 30.3 Å². The normalized spacial score (nSPS) is 17.9. The second kappa shape index (κ2) is 7.67. The number of aryl methyl sites for hydroxylation is 1. The van der Waals surface area contributed by atoms with Crippen LogP contribution in [0.25, 0.3) is 0 Å². The fourth-order valence-corrected chi connectivity index (χ4v) is 5.49.